The summed E-state index contributed by atoms with van der Waals surface area (Å²) in [5, 5.41) is 6.90. The molecule has 0 amide bonds. The van der Waals surface area contributed by atoms with Crippen molar-refractivity contribution in [1.82, 2.24) is 19.5 Å². The molecule has 0 bridgehead atoms. The van der Waals surface area contributed by atoms with Gasteiger partial charge in [0.05, 0.1) is 16.7 Å². The third kappa shape index (κ3) is 4.08. The molecule has 224 valence electrons. The van der Waals surface area contributed by atoms with Crippen LogP contribution in [0.5, 0.6) is 0 Å². The van der Waals surface area contributed by atoms with Crippen LogP contribution in [0.2, 0.25) is 0 Å². The van der Waals surface area contributed by atoms with Gasteiger partial charge in [-0.25, -0.2) is 15.0 Å². The first kappa shape index (κ1) is 26.6. The standard InChI is InChI=1S/C43H26N4O/c1-2-13-28(14-3-1)41-44-42(29-23-25-39-35(26-29)32-17-8-11-21-38(32)48-39)46-43(45-41)34-18-7-10-20-37(34)47-36-19-9-6-16-31(36)33-24-22-27-12-4-5-15-30(27)40(33)47/h1-26H. The van der Waals surface area contributed by atoms with Gasteiger partial charge in [-0.3, -0.25) is 0 Å². The van der Waals surface area contributed by atoms with E-state index < -0.39 is 0 Å². The van der Waals surface area contributed by atoms with Crippen LogP contribution in [0, 0.1) is 0 Å². The Kier molecular flexibility index (Phi) is 5.81. The van der Waals surface area contributed by atoms with Crippen molar-refractivity contribution < 1.29 is 4.42 Å². The highest BCUT2D eigenvalue weighted by Gasteiger charge is 2.20. The molecule has 0 saturated carbocycles. The van der Waals surface area contributed by atoms with Crippen LogP contribution >= 0.6 is 0 Å². The van der Waals surface area contributed by atoms with Gasteiger partial charge in [0.15, 0.2) is 17.5 Å². The fourth-order valence-corrected chi connectivity index (χ4v) is 7.05. The summed E-state index contributed by atoms with van der Waals surface area (Å²) in [4.78, 5) is 15.4. The third-order valence-electron chi connectivity index (χ3n) is 9.25. The Morgan fingerprint density at radius 2 is 1.08 bits per heavy atom. The maximum atomic E-state index is 6.13. The molecule has 0 fully saturated rings. The summed E-state index contributed by atoms with van der Waals surface area (Å²) in [5.74, 6) is 1.83. The van der Waals surface area contributed by atoms with Gasteiger partial charge in [0.2, 0.25) is 0 Å². The molecule has 0 radical (unpaired) electrons. The van der Waals surface area contributed by atoms with Gasteiger partial charge in [-0.2, -0.15) is 0 Å². The van der Waals surface area contributed by atoms with Gasteiger partial charge < -0.3 is 8.98 Å². The number of benzene rings is 7. The van der Waals surface area contributed by atoms with Crippen LogP contribution in [0.25, 0.3) is 94.4 Å². The number of furan rings is 1. The topological polar surface area (TPSA) is 56.7 Å². The first-order valence-electron chi connectivity index (χ1n) is 16.0. The lowest BCUT2D eigenvalue weighted by Gasteiger charge is -2.15. The normalized spacial score (nSPS) is 11.8. The van der Waals surface area contributed by atoms with E-state index in [1.54, 1.807) is 0 Å². The molecule has 0 saturated heterocycles. The number of hydrogen-bond donors (Lipinski definition) is 0. The zero-order chi connectivity index (χ0) is 31.6. The van der Waals surface area contributed by atoms with Crippen molar-refractivity contribution in [2.75, 3.05) is 0 Å². The maximum Gasteiger partial charge on any atom is 0.166 e. The lowest BCUT2D eigenvalue weighted by atomic mass is 10.1. The molecule has 3 aromatic heterocycles. The lowest BCUT2D eigenvalue weighted by molar-refractivity contribution is 0.669. The number of para-hydroxylation sites is 3. The number of hydrogen-bond acceptors (Lipinski definition) is 4. The monoisotopic (exact) mass is 614 g/mol. The summed E-state index contributed by atoms with van der Waals surface area (Å²) in [5.41, 5.74) is 7.74. The Morgan fingerprint density at radius 1 is 0.417 bits per heavy atom. The smallest absolute Gasteiger partial charge is 0.166 e. The van der Waals surface area contributed by atoms with Gasteiger partial charge in [-0.1, -0.05) is 115 Å². The molecule has 5 nitrogen and oxygen atoms in total. The molecule has 0 atom stereocenters. The van der Waals surface area contributed by atoms with Crippen LogP contribution in [0.1, 0.15) is 0 Å². The predicted octanol–water partition coefficient (Wildman–Crippen LogP) is 11.0. The lowest BCUT2D eigenvalue weighted by Crippen LogP contribution is -2.03. The Morgan fingerprint density at radius 3 is 1.98 bits per heavy atom. The van der Waals surface area contributed by atoms with E-state index in [1.165, 1.54) is 21.5 Å². The second kappa shape index (κ2) is 10.5. The Balaban J connectivity index is 1.26. The zero-order valence-corrected chi connectivity index (χ0v) is 25.7. The molecular weight excluding hydrogens is 589 g/mol. The van der Waals surface area contributed by atoms with Crippen LogP contribution in [0.3, 0.4) is 0 Å². The summed E-state index contributed by atoms with van der Waals surface area (Å²) >= 11 is 0. The molecule has 10 rings (SSSR count). The maximum absolute atomic E-state index is 6.13. The number of nitrogens with zero attached hydrogens (tertiary/aromatic N) is 4. The molecule has 0 unspecified atom stereocenters. The zero-order valence-electron chi connectivity index (χ0n) is 25.7. The number of aromatic nitrogens is 4. The fraction of sp³-hybridized carbons (Fsp3) is 0. The van der Waals surface area contributed by atoms with Gasteiger partial charge in [0.1, 0.15) is 11.2 Å². The molecule has 0 aliphatic rings. The van der Waals surface area contributed by atoms with Crippen molar-refractivity contribution in [3.8, 4) is 39.9 Å². The van der Waals surface area contributed by atoms with E-state index in [-0.39, 0.29) is 0 Å². The van der Waals surface area contributed by atoms with Crippen LogP contribution in [-0.4, -0.2) is 19.5 Å². The highest BCUT2D eigenvalue weighted by Crippen LogP contribution is 2.39. The second-order valence-corrected chi connectivity index (χ2v) is 12.0. The van der Waals surface area contributed by atoms with Gasteiger partial charge in [0.25, 0.3) is 0 Å². The first-order chi connectivity index (χ1) is 23.8. The Labute approximate surface area is 275 Å². The largest absolute Gasteiger partial charge is 0.456 e. The minimum absolute atomic E-state index is 0.605. The number of rotatable bonds is 4. The van der Waals surface area contributed by atoms with E-state index in [9.17, 15) is 0 Å². The van der Waals surface area contributed by atoms with Crippen molar-refractivity contribution in [1.29, 1.82) is 0 Å². The summed E-state index contributed by atoms with van der Waals surface area (Å²) in [6.45, 7) is 0. The Hall–Kier alpha value is -6.59. The van der Waals surface area contributed by atoms with Gasteiger partial charge in [-0.15, -0.1) is 0 Å². The molecule has 5 heteroatoms. The second-order valence-electron chi connectivity index (χ2n) is 12.0. The average molecular weight is 615 g/mol. The van der Waals surface area contributed by atoms with Crippen molar-refractivity contribution in [2.24, 2.45) is 0 Å². The summed E-state index contributed by atoms with van der Waals surface area (Å²) in [7, 11) is 0. The van der Waals surface area contributed by atoms with Crippen LogP contribution < -0.4 is 0 Å². The highest BCUT2D eigenvalue weighted by molar-refractivity contribution is 6.18. The third-order valence-corrected chi connectivity index (χ3v) is 9.25. The van der Waals surface area contributed by atoms with Gasteiger partial charge >= 0.3 is 0 Å². The van der Waals surface area contributed by atoms with Crippen molar-refractivity contribution in [3.63, 3.8) is 0 Å². The van der Waals surface area contributed by atoms with E-state index in [0.29, 0.717) is 17.5 Å². The SMILES string of the molecule is c1ccc(-c2nc(-c3ccc4oc5ccccc5c4c3)nc(-c3ccccc3-n3c4ccccc4c4ccc5ccccc5c43)n2)cc1. The van der Waals surface area contributed by atoms with E-state index in [2.05, 4.69) is 102 Å². The van der Waals surface area contributed by atoms with Gasteiger partial charge in [0, 0.05) is 43.6 Å². The summed E-state index contributed by atoms with van der Waals surface area (Å²) in [6, 6.07) is 54.5. The highest BCUT2D eigenvalue weighted by atomic mass is 16.3. The Bertz CT molecular complexity index is 2850. The summed E-state index contributed by atoms with van der Waals surface area (Å²) < 4.78 is 8.50. The minimum atomic E-state index is 0.605. The minimum Gasteiger partial charge on any atom is -0.456 e. The van der Waals surface area contributed by atoms with E-state index in [4.69, 9.17) is 19.4 Å². The van der Waals surface area contributed by atoms with Crippen LogP contribution in [0.15, 0.2) is 162 Å². The van der Waals surface area contributed by atoms with Crippen molar-refractivity contribution in [2.45, 2.75) is 0 Å². The molecule has 48 heavy (non-hydrogen) atoms. The van der Waals surface area contributed by atoms with Crippen molar-refractivity contribution >= 4 is 54.5 Å². The molecular formula is C43H26N4O. The fourth-order valence-electron chi connectivity index (χ4n) is 7.05. The molecule has 0 aliphatic heterocycles. The molecule has 0 aliphatic carbocycles. The molecule has 7 aromatic carbocycles. The molecule has 10 aromatic rings. The quantitative estimate of drug-likeness (QED) is 0.198. The molecule has 0 N–H and O–H groups in total. The van der Waals surface area contributed by atoms with Crippen LogP contribution in [0.4, 0.5) is 0 Å². The molecule has 3 heterocycles. The summed E-state index contributed by atoms with van der Waals surface area (Å²) in [6.07, 6.45) is 0. The van der Waals surface area contributed by atoms with E-state index >= 15 is 0 Å². The van der Waals surface area contributed by atoms with E-state index in [1.807, 2.05) is 60.7 Å². The van der Waals surface area contributed by atoms with Crippen molar-refractivity contribution in [3.05, 3.63) is 158 Å². The first-order valence-corrected chi connectivity index (χ1v) is 16.0. The van der Waals surface area contributed by atoms with Gasteiger partial charge in [-0.05, 0) is 47.9 Å². The molecule has 0 spiro atoms. The van der Waals surface area contributed by atoms with E-state index in [0.717, 1.165) is 55.3 Å². The van der Waals surface area contributed by atoms with Crippen LogP contribution in [-0.2, 0) is 0 Å². The average Bonchev–Trinajstić information content (AvgIpc) is 3.71. The predicted molar refractivity (Wildman–Crippen MR) is 195 cm³/mol. The number of fused-ring (bicyclic) bond motifs is 8.